The molecular weight excluding hydrogens is 182 g/mol. The first-order valence-electron chi connectivity index (χ1n) is 5.01. The molecule has 0 rings (SSSR count). The molecule has 0 aliphatic carbocycles. The molecule has 0 aromatic heterocycles. The van der Waals surface area contributed by atoms with Gasteiger partial charge < -0.3 is 10.8 Å². The number of rotatable bonds is 7. The van der Waals surface area contributed by atoms with Crippen LogP contribution in [-0.4, -0.2) is 29.8 Å². The Morgan fingerprint density at radius 2 is 2.08 bits per heavy atom. The monoisotopic (exact) mass is 205 g/mol. The number of nitrogens with two attached hydrogens (primary N) is 1. The molecule has 0 spiro atoms. The average Bonchev–Trinajstić information content (AvgIpc) is 2.13. The van der Waals surface area contributed by atoms with E-state index in [0.29, 0.717) is 12.5 Å². The Bertz CT molecular complexity index is 124. The summed E-state index contributed by atoms with van der Waals surface area (Å²) in [4.78, 5) is 0. The first kappa shape index (κ1) is 13.3. The molecule has 1 atom stereocenters. The van der Waals surface area contributed by atoms with Crippen molar-refractivity contribution in [2.75, 3.05) is 24.7 Å². The largest absolute Gasteiger partial charge is 0.396 e. The van der Waals surface area contributed by atoms with E-state index in [1.807, 2.05) is 11.8 Å². The van der Waals surface area contributed by atoms with Crippen molar-refractivity contribution in [3.05, 3.63) is 0 Å². The van der Waals surface area contributed by atoms with Gasteiger partial charge in [0.2, 0.25) is 0 Å². The van der Waals surface area contributed by atoms with Crippen molar-refractivity contribution in [1.29, 1.82) is 0 Å². The summed E-state index contributed by atoms with van der Waals surface area (Å²) in [5.41, 5.74) is 5.68. The minimum atomic E-state index is -0.0534. The van der Waals surface area contributed by atoms with Gasteiger partial charge in [-0.25, -0.2) is 0 Å². The van der Waals surface area contributed by atoms with E-state index in [9.17, 15) is 5.11 Å². The third-order valence-corrected chi connectivity index (χ3v) is 3.80. The highest BCUT2D eigenvalue weighted by Gasteiger charge is 2.30. The van der Waals surface area contributed by atoms with Gasteiger partial charge in [-0.2, -0.15) is 11.8 Å². The summed E-state index contributed by atoms with van der Waals surface area (Å²) in [5.74, 6) is 2.70. The molecule has 0 bridgehead atoms. The van der Waals surface area contributed by atoms with Gasteiger partial charge in [-0.15, -0.1) is 0 Å². The van der Waals surface area contributed by atoms with Gasteiger partial charge in [-0.1, -0.05) is 20.8 Å². The second kappa shape index (κ2) is 6.68. The standard InChI is InChI=1S/C10H23NOS/c1-4-13-6-5-10(7-11,8-12)9(2)3/h9,12H,4-8,11H2,1-3H3. The average molecular weight is 205 g/mol. The first-order chi connectivity index (χ1) is 6.13. The molecule has 0 aromatic carbocycles. The van der Waals surface area contributed by atoms with E-state index < -0.39 is 0 Å². The Morgan fingerprint density at radius 3 is 2.38 bits per heavy atom. The maximum Gasteiger partial charge on any atom is 0.0502 e. The fraction of sp³-hybridized carbons (Fsp3) is 1.00. The molecule has 0 saturated carbocycles. The van der Waals surface area contributed by atoms with Gasteiger partial charge >= 0.3 is 0 Å². The van der Waals surface area contributed by atoms with Crippen molar-refractivity contribution >= 4 is 11.8 Å². The molecular formula is C10H23NOS. The highest BCUT2D eigenvalue weighted by Crippen LogP contribution is 2.31. The van der Waals surface area contributed by atoms with Gasteiger partial charge in [-0.05, 0) is 23.8 Å². The van der Waals surface area contributed by atoms with Crippen LogP contribution >= 0.6 is 11.8 Å². The van der Waals surface area contributed by atoms with E-state index in [0.717, 1.165) is 17.9 Å². The Balaban J connectivity index is 4.06. The SMILES string of the molecule is CCSCCC(CN)(CO)C(C)C. The smallest absolute Gasteiger partial charge is 0.0502 e. The van der Waals surface area contributed by atoms with Crippen LogP contribution in [0, 0.1) is 11.3 Å². The summed E-state index contributed by atoms with van der Waals surface area (Å²) in [5, 5.41) is 9.36. The lowest BCUT2D eigenvalue weighted by molar-refractivity contribution is 0.0814. The van der Waals surface area contributed by atoms with E-state index in [1.165, 1.54) is 0 Å². The molecule has 3 heteroatoms. The molecule has 13 heavy (non-hydrogen) atoms. The predicted molar refractivity (Wildman–Crippen MR) is 61.0 cm³/mol. The number of thioether (sulfide) groups is 1. The summed E-state index contributed by atoms with van der Waals surface area (Å²) in [6, 6.07) is 0. The lowest BCUT2D eigenvalue weighted by Crippen LogP contribution is -2.39. The van der Waals surface area contributed by atoms with E-state index >= 15 is 0 Å². The lowest BCUT2D eigenvalue weighted by atomic mass is 9.76. The molecule has 0 aliphatic rings. The summed E-state index contributed by atoms with van der Waals surface area (Å²) in [6.45, 7) is 7.24. The summed E-state index contributed by atoms with van der Waals surface area (Å²) in [7, 11) is 0. The Hall–Kier alpha value is 0.270. The molecule has 0 fully saturated rings. The van der Waals surface area contributed by atoms with Crippen LogP contribution in [0.5, 0.6) is 0 Å². The van der Waals surface area contributed by atoms with Crippen LogP contribution in [0.1, 0.15) is 27.2 Å². The molecule has 2 nitrogen and oxygen atoms in total. The Labute approximate surface area is 86.3 Å². The van der Waals surface area contributed by atoms with Crippen LogP contribution in [0.3, 0.4) is 0 Å². The van der Waals surface area contributed by atoms with E-state index in [1.54, 1.807) is 0 Å². The van der Waals surface area contributed by atoms with Crippen molar-refractivity contribution in [3.63, 3.8) is 0 Å². The number of hydrogen-bond donors (Lipinski definition) is 2. The van der Waals surface area contributed by atoms with Crippen molar-refractivity contribution in [2.45, 2.75) is 27.2 Å². The minimum Gasteiger partial charge on any atom is -0.396 e. The molecule has 0 heterocycles. The molecule has 0 aliphatic heterocycles. The first-order valence-corrected chi connectivity index (χ1v) is 6.17. The van der Waals surface area contributed by atoms with Crippen LogP contribution in [-0.2, 0) is 0 Å². The second-order valence-electron chi connectivity index (χ2n) is 3.83. The zero-order chi connectivity index (χ0) is 10.3. The fourth-order valence-corrected chi connectivity index (χ4v) is 2.21. The van der Waals surface area contributed by atoms with Crippen molar-refractivity contribution < 1.29 is 5.11 Å². The van der Waals surface area contributed by atoms with Gasteiger partial charge in [-0.3, -0.25) is 0 Å². The van der Waals surface area contributed by atoms with Crippen LogP contribution in [0.4, 0.5) is 0 Å². The number of aliphatic hydroxyl groups excluding tert-OH is 1. The highest BCUT2D eigenvalue weighted by molar-refractivity contribution is 7.99. The van der Waals surface area contributed by atoms with E-state index in [-0.39, 0.29) is 12.0 Å². The van der Waals surface area contributed by atoms with Crippen LogP contribution < -0.4 is 5.73 Å². The van der Waals surface area contributed by atoms with Gasteiger partial charge in [0, 0.05) is 12.0 Å². The summed E-state index contributed by atoms with van der Waals surface area (Å²) in [6.07, 6.45) is 1.02. The molecule has 0 aromatic rings. The van der Waals surface area contributed by atoms with E-state index in [4.69, 9.17) is 5.73 Å². The quantitative estimate of drug-likeness (QED) is 0.622. The van der Waals surface area contributed by atoms with Gasteiger partial charge in [0.15, 0.2) is 0 Å². The van der Waals surface area contributed by atoms with Crippen molar-refractivity contribution in [1.82, 2.24) is 0 Å². The molecule has 0 saturated heterocycles. The summed E-state index contributed by atoms with van der Waals surface area (Å²) < 4.78 is 0. The van der Waals surface area contributed by atoms with Crippen molar-refractivity contribution in [2.24, 2.45) is 17.1 Å². The van der Waals surface area contributed by atoms with Crippen LogP contribution in [0.25, 0.3) is 0 Å². The molecule has 0 amide bonds. The van der Waals surface area contributed by atoms with E-state index in [2.05, 4.69) is 20.8 Å². The van der Waals surface area contributed by atoms with Gasteiger partial charge in [0.25, 0.3) is 0 Å². The van der Waals surface area contributed by atoms with Crippen molar-refractivity contribution in [3.8, 4) is 0 Å². The van der Waals surface area contributed by atoms with Gasteiger partial charge in [0.05, 0.1) is 6.61 Å². The lowest BCUT2D eigenvalue weighted by Gasteiger charge is -2.34. The second-order valence-corrected chi connectivity index (χ2v) is 5.22. The summed E-state index contributed by atoms with van der Waals surface area (Å²) >= 11 is 1.92. The number of aliphatic hydroxyl groups is 1. The highest BCUT2D eigenvalue weighted by atomic mass is 32.2. The molecule has 3 N–H and O–H groups in total. The molecule has 80 valence electrons. The minimum absolute atomic E-state index is 0.0534. The topological polar surface area (TPSA) is 46.2 Å². The zero-order valence-electron chi connectivity index (χ0n) is 9.05. The maximum atomic E-state index is 9.36. The van der Waals surface area contributed by atoms with Gasteiger partial charge in [0.1, 0.15) is 0 Å². The zero-order valence-corrected chi connectivity index (χ0v) is 9.86. The predicted octanol–water partition coefficient (Wildman–Crippen LogP) is 1.72. The fourth-order valence-electron chi connectivity index (χ4n) is 1.37. The maximum absolute atomic E-state index is 9.36. The normalized spacial score (nSPS) is 16.2. The van der Waals surface area contributed by atoms with Crippen LogP contribution in [0.15, 0.2) is 0 Å². The molecule has 1 unspecified atom stereocenters. The van der Waals surface area contributed by atoms with Crippen LogP contribution in [0.2, 0.25) is 0 Å². The Kier molecular flexibility index (Phi) is 6.82. The third-order valence-electron chi connectivity index (χ3n) is 2.89. The number of hydrogen-bond acceptors (Lipinski definition) is 3. The third kappa shape index (κ3) is 3.88. The Morgan fingerprint density at radius 1 is 1.46 bits per heavy atom. The molecule has 0 radical (unpaired) electrons.